The van der Waals surface area contributed by atoms with Gasteiger partial charge >= 0.3 is 0 Å². The third-order valence-corrected chi connectivity index (χ3v) is 3.96. The number of nitrogens with one attached hydrogen (secondary N) is 1. The van der Waals surface area contributed by atoms with Crippen LogP contribution in [0.4, 0.5) is 0 Å². The van der Waals surface area contributed by atoms with Gasteiger partial charge in [0.25, 0.3) is 5.91 Å². The van der Waals surface area contributed by atoms with Crippen molar-refractivity contribution in [1.29, 1.82) is 0 Å². The molecule has 0 saturated carbocycles. The highest BCUT2D eigenvalue weighted by atomic mass is 35.5. The molecule has 1 aliphatic rings. The number of ether oxygens (including phenoxy) is 1. The molecule has 0 aromatic heterocycles. The smallest absolute Gasteiger partial charge is 0.261 e. The fraction of sp³-hybridized carbons (Fsp3) is 0.235. The molecule has 108 valence electrons. The van der Waals surface area contributed by atoms with Gasteiger partial charge in [-0.1, -0.05) is 48.0 Å². The molecule has 2 aromatic carbocycles. The number of carbonyl (C=O) groups is 1. The van der Waals surface area contributed by atoms with Gasteiger partial charge in [0.15, 0.2) is 6.10 Å². The maximum atomic E-state index is 12.1. The second-order valence-electron chi connectivity index (χ2n) is 5.05. The number of halogens is 1. The maximum Gasteiger partial charge on any atom is 0.261 e. The third-order valence-electron chi connectivity index (χ3n) is 3.59. The number of rotatable bonds is 4. The van der Waals surface area contributed by atoms with E-state index in [-0.39, 0.29) is 5.91 Å². The highest BCUT2D eigenvalue weighted by molar-refractivity contribution is 6.31. The van der Waals surface area contributed by atoms with E-state index in [9.17, 15) is 4.79 Å². The van der Waals surface area contributed by atoms with Gasteiger partial charge in [0.2, 0.25) is 0 Å². The Hall–Kier alpha value is -2.00. The number of carbonyl (C=O) groups excluding carboxylic acids is 1. The van der Waals surface area contributed by atoms with E-state index in [1.807, 2.05) is 48.5 Å². The van der Waals surface area contributed by atoms with Gasteiger partial charge in [-0.3, -0.25) is 4.79 Å². The van der Waals surface area contributed by atoms with Gasteiger partial charge < -0.3 is 10.1 Å². The van der Waals surface area contributed by atoms with Crippen LogP contribution in [0.1, 0.15) is 11.1 Å². The minimum Gasteiger partial charge on any atom is -0.480 e. The van der Waals surface area contributed by atoms with Crippen molar-refractivity contribution in [3.8, 4) is 5.75 Å². The molecule has 0 radical (unpaired) electrons. The standard InChI is InChI=1S/C17H16ClNO2/c18-14-7-3-1-5-12(14)9-10-19-17(20)16-11-13-6-2-4-8-15(13)21-16/h1-8,16H,9-11H2,(H,19,20). The number of hydrogen-bond acceptors (Lipinski definition) is 2. The lowest BCUT2D eigenvalue weighted by Crippen LogP contribution is -2.38. The van der Waals surface area contributed by atoms with Crippen LogP contribution in [0.15, 0.2) is 48.5 Å². The summed E-state index contributed by atoms with van der Waals surface area (Å²) in [6, 6.07) is 15.4. The fourth-order valence-corrected chi connectivity index (χ4v) is 2.69. The summed E-state index contributed by atoms with van der Waals surface area (Å²) in [6.07, 6.45) is 0.924. The summed E-state index contributed by atoms with van der Waals surface area (Å²) < 4.78 is 5.66. The van der Waals surface area contributed by atoms with Crippen LogP contribution in [0.2, 0.25) is 5.02 Å². The molecular weight excluding hydrogens is 286 g/mol. The van der Waals surface area contributed by atoms with Gasteiger partial charge in [-0.2, -0.15) is 0 Å². The monoisotopic (exact) mass is 301 g/mol. The maximum absolute atomic E-state index is 12.1. The van der Waals surface area contributed by atoms with Crippen LogP contribution in [0.3, 0.4) is 0 Å². The largest absolute Gasteiger partial charge is 0.480 e. The summed E-state index contributed by atoms with van der Waals surface area (Å²) in [5.41, 5.74) is 2.12. The van der Waals surface area contributed by atoms with E-state index in [1.54, 1.807) is 0 Å². The summed E-state index contributed by atoms with van der Waals surface area (Å²) in [7, 11) is 0. The van der Waals surface area contributed by atoms with E-state index in [4.69, 9.17) is 16.3 Å². The molecule has 0 spiro atoms. The fourth-order valence-electron chi connectivity index (χ4n) is 2.46. The summed E-state index contributed by atoms with van der Waals surface area (Å²) in [6.45, 7) is 0.554. The minimum absolute atomic E-state index is 0.0711. The van der Waals surface area contributed by atoms with Crippen molar-refractivity contribution in [3.63, 3.8) is 0 Å². The Labute approximate surface area is 128 Å². The molecule has 1 heterocycles. The van der Waals surface area contributed by atoms with Crippen LogP contribution in [0, 0.1) is 0 Å². The molecule has 0 saturated heterocycles. The van der Waals surface area contributed by atoms with Crippen LogP contribution in [0.25, 0.3) is 0 Å². The second-order valence-corrected chi connectivity index (χ2v) is 5.46. The zero-order valence-electron chi connectivity index (χ0n) is 11.5. The average molecular weight is 302 g/mol. The molecule has 0 aliphatic carbocycles. The number of benzene rings is 2. The van der Waals surface area contributed by atoms with Crippen molar-refractivity contribution < 1.29 is 9.53 Å². The molecule has 1 unspecified atom stereocenters. The van der Waals surface area contributed by atoms with E-state index >= 15 is 0 Å². The van der Waals surface area contributed by atoms with Crippen molar-refractivity contribution in [1.82, 2.24) is 5.32 Å². The van der Waals surface area contributed by atoms with Gasteiger partial charge in [0.05, 0.1) is 0 Å². The normalized spacial score (nSPS) is 16.1. The zero-order chi connectivity index (χ0) is 14.7. The number of fused-ring (bicyclic) bond motifs is 1. The zero-order valence-corrected chi connectivity index (χ0v) is 12.3. The van der Waals surface area contributed by atoms with Gasteiger partial charge in [-0.15, -0.1) is 0 Å². The molecule has 21 heavy (non-hydrogen) atoms. The Balaban J connectivity index is 1.51. The second kappa shape index (κ2) is 6.19. The van der Waals surface area contributed by atoms with E-state index in [2.05, 4.69) is 5.32 Å². The van der Waals surface area contributed by atoms with E-state index in [0.29, 0.717) is 19.4 Å². The molecule has 0 bridgehead atoms. The Kier molecular flexibility index (Phi) is 4.11. The van der Waals surface area contributed by atoms with E-state index in [0.717, 1.165) is 21.9 Å². The number of hydrogen-bond donors (Lipinski definition) is 1. The lowest BCUT2D eigenvalue weighted by molar-refractivity contribution is -0.127. The quantitative estimate of drug-likeness (QED) is 0.943. The van der Waals surface area contributed by atoms with Crippen molar-refractivity contribution in [2.75, 3.05) is 6.54 Å². The first-order valence-corrected chi connectivity index (χ1v) is 7.37. The van der Waals surface area contributed by atoms with Gasteiger partial charge in [-0.25, -0.2) is 0 Å². The van der Waals surface area contributed by atoms with Crippen molar-refractivity contribution in [2.45, 2.75) is 18.9 Å². The molecule has 1 N–H and O–H groups in total. The third kappa shape index (κ3) is 3.19. The first-order chi connectivity index (χ1) is 10.2. The van der Waals surface area contributed by atoms with Gasteiger partial charge in [0.1, 0.15) is 5.75 Å². The van der Waals surface area contributed by atoms with Crippen molar-refractivity contribution in [3.05, 3.63) is 64.7 Å². The summed E-state index contributed by atoms with van der Waals surface area (Å²) in [5.74, 6) is 0.738. The van der Waals surface area contributed by atoms with E-state index in [1.165, 1.54) is 0 Å². The Morgan fingerprint density at radius 1 is 1.19 bits per heavy atom. The number of para-hydroxylation sites is 1. The van der Waals surface area contributed by atoms with Crippen LogP contribution in [-0.2, 0) is 17.6 Å². The predicted octanol–water partition coefficient (Wildman–Crippen LogP) is 3.00. The molecule has 1 amide bonds. The van der Waals surface area contributed by atoms with Gasteiger partial charge in [-0.05, 0) is 29.7 Å². The molecule has 3 rings (SSSR count). The van der Waals surface area contributed by atoms with Gasteiger partial charge in [0, 0.05) is 18.0 Å². The molecular formula is C17H16ClNO2. The average Bonchev–Trinajstić information content (AvgIpc) is 2.93. The lowest BCUT2D eigenvalue weighted by atomic mass is 10.1. The first-order valence-electron chi connectivity index (χ1n) is 7.00. The van der Waals surface area contributed by atoms with Crippen LogP contribution < -0.4 is 10.1 Å². The predicted molar refractivity (Wildman–Crippen MR) is 82.7 cm³/mol. The summed E-state index contributed by atoms with van der Waals surface area (Å²) in [5, 5.41) is 3.65. The highest BCUT2D eigenvalue weighted by Gasteiger charge is 2.28. The van der Waals surface area contributed by atoms with Crippen LogP contribution in [-0.4, -0.2) is 18.6 Å². The number of amides is 1. The summed E-state index contributed by atoms with van der Waals surface area (Å²) >= 11 is 6.09. The molecule has 4 heteroatoms. The molecule has 2 aromatic rings. The van der Waals surface area contributed by atoms with Crippen LogP contribution >= 0.6 is 11.6 Å². The van der Waals surface area contributed by atoms with Crippen molar-refractivity contribution >= 4 is 17.5 Å². The Morgan fingerprint density at radius 3 is 2.76 bits per heavy atom. The highest BCUT2D eigenvalue weighted by Crippen LogP contribution is 2.28. The topological polar surface area (TPSA) is 38.3 Å². The molecule has 1 atom stereocenters. The van der Waals surface area contributed by atoms with Crippen LogP contribution in [0.5, 0.6) is 5.75 Å². The Morgan fingerprint density at radius 2 is 1.95 bits per heavy atom. The molecule has 1 aliphatic heterocycles. The SMILES string of the molecule is O=C(NCCc1ccccc1Cl)C1Cc2ccccc2O1. The first kappa shape index (κ1) is 14.0. The Bertz CT molecular complexity index is 632. The minimum atomic E-state index is -0.423. The molecule has 3 nitrogen and oxygen atoms in total. The van der Waals surface area contributed by atoms with Crippen molar-refractivity contribution in [2.24, 2.45) is 0 Å². The lowest BCUT2D eigenvalue weighted by Gasteiger charge is -2.11. The van der Waals surface area contributed by atoms with E-state index < -0.39 is 6.10 Å². The molecule has 0 fully saturated rings. The summed E-state index contributed by atoms with van der Waals surface area (Å²) in [4.78, 5) is 12.1.